The number of ether oxygens (including phenoxy) is 6. The molecule has 1 aliphatic heterocycles. The van der Waals surface area contributed by atoms with E-state index in [0.29, 0.717) is 75.7 Å². The van der Waals surface area contributed by atoms with Crippen LogP contribution in [0, 0.1) is 0 Å². The van der Waals surface area contributed by atoms with Crippen LogP contribution in [0.2, 0.25) is 0 Å². The van der Waals surface area contributed by atoms with Crippen LogP contribution in [0.5, 0.6) is 23.0 Å². The predicted molar refractivity (Wildman–Crippen MR) is 153 cm³/mol. The minimum Gasteiger partial charge on any atom is -0.487 e. The topological polar surface area (TPSA) is 75.6 Å². The van der Waals surface area contributed by atoms with Crippen LogP contribution >= 0.6 is 0 Å². The van der Waals surface area contributed by atoms with Crippen LogP contribution in [0.3, 0.4) is 0 Å². The molecule has 2 aromatic rings. The van der Waals surface area contributed by atoms with E-state index in [2.05, 4.69) is 6.92 Å². The lowest BCUT2D eigenvalue weighted by molar-refractivity contribution is -0.106. The Hall–Kier alpha value is -2.48. The van der Waals surface area contributed by atoms with Gasteiger partial charge < -0.3 is 33.5 Å². The van der Waals surface area contributed by atoms with Gasteiger partial charge in [0.05, 0.1) is 13.2 Å². The summed E-state index contributed by atoms with van der Waals surface area (Å²) in [4.78, 5) is 0. The largest absolute Gasteiger partial charge is 0.487 e. The Labute approximate surface area is 234 Å². The van der Waals surface area contributed by atoms with Crippen molar-refractivity contribution in [1.82, 2.24) is 0 Å². The zero-order valence-corrected chi connectivity index (χ0v) is 23.7. The molecule has 1 heterocycles. The van der Waals surface area contributed by atoms with Gasteiger partial charge in [-0.15, -0.1) is 0 Å². The maximum atomic E-state index is 9.45. The highest BCUT2D eigenvalue weighted by Crippen LogP contribution is 2.32. The van der Waals surface area contributed by atoms with Crippen molar-refractivity contribution in [1.29, 1.82) is 0 Å². The molecule has 0 aromatic heterocycles. The molecule has 1 N–H and O–H groups in total. The van der Waals surface area contributed by atoms with Gasteiger partial charge in [-0.1, -0.05) is 82.6 Å². The highest BCUT2D eigenvalue weighted by atomic mass is 16.6. The van der Waals surface area contributed by atoms with E-state index in [1.807, 2.05) is 48.5 Å². The van der Waals surface area contributed by atoms with E-state index in [9.17, 15) is 5.11 Å². The Bertz CT molecular complexity index is 848. The summed E-state index contributed by atoms with van der Waals surface area (Å²) < 4.78 is 36.9. The van der Waals surface area contributed by atoms with Gasteiger partial charge >= 0.3 is 0 Å². The maximum absolute atomic E-state index is 9.45. The van der Waals surface area contributed by atoms with E-state index < -0.39 is 5.60 Å². The quantitative estimate of drug-likeness (QED) is 0.285. The van der Waals surface area contributed by atoms with Gasteiger partial charge in [0.25, 0.3) is 0 Å². The number of fused-ring (bicyclic) bond motifs is 2. The summed E-state index contributed by atoms with van der Waals surface area (Å²) in [5.74, 6) is 2.68. The highest BCUT2D eigenvalue weighted by molar-refractivity contribution is 5.40. The number of aliphatic hydroxyl groups is 1. The van der Waals surface area contributed by atoms with Crippen LogP contribution in [0.1, 0.15) is 71.1 Å². The van der Waals surface area contributed by atoms with E-state index in [1.54, 1.807) is 0 Å². The molecule has 0 aliphatic carbocycles. The molecule has 1 aliphatic rings. The fourth-order valence-corrected chi connectivity index (χ4v) is 4.59. The molecular weight excluding hydrogens is 496 g/mol. The van der Waals surface area contributed by atoms with Crippen molar-refractivity contribution in [3.63, 3.8) is 0 Å². The van der Waals surface area contributed by atoms with Crippen molar-refractivity contribution in [2.75, 3.05) is 52.9 Å². The van der Waals surface area contributed by atoms with Gasteiger partial charge in [-0.25, -0.2) is 0 Å². The SMILES string of the molecule is CCCCCCCCCCC1(OCCCO)COc2ccccc2OCCOCCOc2ccccc2OC1. The molecular formula is C32H48O7. The zero-order valence-electron chi connectivity index (χ0n) is 23.7. The summed E-state index contributed by atoms with van der Waals surface area (Å²) in [7, 11) is 0. The molecule has 0 saturated heterocycles. The summed E-state index contributed by atoms with van der Waals surface area (Å²) >= 11 is 0. The number of benzene rings is 2. The van der Waals surface area contributed by atoms with E-state index in [-0.39, 0.29) is 6.61 Å². The minimum absolute atomic E-state index is 0.0744. The summed E-state index contributed by atoms with van der Waals surface area (Å²) in [6, 6.07) is 15.4. The highest BCUT2D eigenvalue weighted by Gasteiger charge is 2.34. The molecule has 0 unspecified atom stereocenters. The molecule has 0 bridgehead atoms. The second-order valence-electron chi connectivity index (χ2n) is 10.1. The Balaban J connectivity index is 1.77. The standard InChI is InChI=1S/C32H48O7/c1-2-3-4-5-6-7-8-13-19-32(39-21-14-20-33)26-37-30-17-11-9-15-28(30)35-24-22-34-23-25-36-29-16-10-12-18-31(29)38-27-32/h9-12,15-18,33H,2-8,13-14,19-27H2,1H3. The van der Waals surface area contributed by atoms with Crippen molar-refractivity contribution in [2.45, 2.75) is 76.7 Å². The van der Waals surface area contributed by atoms with Gasteiger partial charge in [0.15, 0.2) is 23.0 Å². The molecule has 7 heteroatoms. The molecule has 3 rings (SSSR count). The number of aliphatic hydroxyl groups excluding tert-OH is 1. The second kappa shape index (κ2) is 18.7. The fraction of sp³-hybridized carbons (Fsp3) is 0.625. The third-order valence-electron chi connectivity index (χ3n) is 6.85. The number of para-hydroxylation sites is 4. The third kappa shape index (κ3) is 11.7. The third-order valence-corrected chi connectivity index (χ3v) is 6.85. The molecule has 7 nitrogen and oxygen atoms in total. The fourth-order valence-electron chi connectivity index (χ4n) is 4.59. The molecule has 2 aromatic carbocycles. The summed E-state index contributed by atoms with van der Waals surface area (Å²) in [6.07, 6.45) is 11.2. The lowest BCUT2D eigenvalue weighted by atomic mass is 9.96. The molecule has 0 spiro atoms. The average Bonchev–Trinajstić information content (AvgIpc) is 2.96. The Morgan fingerprint density at radius 3 is 1.64 bits per heavy atom. The van der Waals surface area contributed by atoms with Crippen LogP contribution in [-0.2, 0) is 9.47 Å². The van der Waals surface area contributed by atoms with Crippen LogP contribution in [0.4, 0.5) is 0 Å². The van der Waals surface area contributed by atoms with Crippen molar-refractivity contribution < 1.29 is 33.5 Å². The van der Waals surface area contributed by atoms with Gasteiger partial charge in [-0.05, 0) is 37.1 Å². The number of hydrogen-bond donors (Lipinski definition) is 1. The van der Waals surface area contributed by atoms with Gasteiger partial charge in [0.1, 0.15) is 32.0 Å². The van der Waals surface area contributed by atoms with E-state index in [0.717, 1.165) is 19.3 Å². The van der Waals surface area contributed by atoms with E-state index >= 15 is 0 Å². The van der Waals surface area contributed by atoms with Crippen molar-refractivity contribution in [3.05, 3.63) is 48.5 Å². The number of rotatable bonds is 13. The first kappa shape index (κ1) is 31.1. The minimum atomic E-state index is -0.697. The Morgan fingerprint density at radius 2 is 1.13 bits per heavy atom. The average molecular weight is 545 g/mol. The van der Waals surface area contributed by atoms with Crippen LogP contribution in [0.25, 0.3) is 0 Å². The zero-order chi connectivity index (χ0) is 27.4. The first-order chi connectivity index (χ1) is 19.3. The van der Waals surface area contributed by atoms with Gasteiger partial charge in [0.2, 0.25) is 0 Å². The molecule has 0 fully saturated rings. The van der Waals surface area contributed by atoms with Gasteiger partial charge in [-0.3, -0.25) is 0 Å². The molecule has 218 valence electrons. The van der Waals surface area contributed by atoms with E-state index in [1.165, 1.54) is 38.5 Å². The molecule has 0 atom stereocenters. The predicted octanol–water partition coefficient (Wildman–Crippen LogP) is 6.60. The first-order valence-corrected chi connectivity index (χ1v) is 14.8. The molecule has 0 radical (unpaired) electrons. The molecule has 39 heavy (non-hydrogen) atoms. The van der Waals surface area contributed by atoms with Crippen molar-refractivity contribution in [2.24, 2.45) is 0 Å². The van der Waals surface area contributed by atoms with Gasteiger partial charge in [-0.2, -0.15) is 0 Å². The molecule has 0 amide bonds. The lowest BCUT2D eigenvalue weighted by Crippen LogP contribution is -2.45. The molecule has 0 saturated carbocycles. The smallest absolute Gasteiger partial charge is 0.161 e. The number of hydrogen-bond acceptors (Lipinski definition) is 7. The normalized spacial score (nSPS) is 16.1. The van der Waals surface area contributed by atoms with Crippen LogP contribution in [0.15, 0.2) is 48.5 Å². The van der Waals surface area contributed by atoms with Crippen LogP contribution < -0.4 is 18.9 Å². The van der Waals surface area contributed by atoms with Crippen molar-refractivity contribution >= 4 is 0 Å². The Morgan fingerprint density at radius 1 is 0.641 bits per heavy atom. The lowest BCUT2D eigenvalue weighted by Gasteiger charge is -2.34. The first-order valence-electron chi connectivity index (χ1n) is 14.8. The second-order valence-corrected chi connectivity index (χ2v) is 10.1. The van der Waals surface area contributed by atoms with Crippen LogP contribution in [-0.4, -0.2) is 63.6 Å². The Kier molecular flexibility index (Phi) is 14.9. The number of unbranched alkanes of at least 4 members (excludes halogenated alkanes) is 7. The summed E-state index contributed by atoms with van der Waals surface area (Å²) in [5, 5.41) is 9.45. The van der Waals surface area contributed by atoms with Gasteiger partial charge in [0, 0.05) is 13.2 Å². The monoisotopic (exact) mass is 544 g/mol. The van der Waals surface area contributed by atoms with Crippen molar-refractivity contribution in [3.8, 4) is 23.0 Å². The van der Waals surface area contributed by atoms with E-state index in [4.69, 9.17) is 28.4 Å². The summed E-state index contributed by atoms with van der Waals surface area (Å²) in [5.41, 5.74) is -0.697. The summed E-state index contributed by atoms with van der Waals surface area (Å²) in [6.45, 7) is 5.07. The maximum Gasteiger partial charge on any atom is 0.161 e.